The number of ether oxygens (including phenoxy) is 2. The summed E-state index contributed by atoms with van der Waals surface area (Å²) < 4.78 is 11.5. The molecule has 3 aliphatic rings. The molecule has 0 N–H and O–H groups in total. The topological polar surface area (TPSA) is 67.9 Å². The van der Waals surface area contributed by atoms with Gasteiger partial charge in [-0.1, -0.05) is 49.4 Å². The van der Waals surface area contributed by atoms with Crippen molar-refractivity contribution in [2.75, 3.05) is 19.8 Å². The molecule has 2 aliphatic heterocycles. The van der Waals surface area contributed by atoms with Gasteiger partial charge in [0.1, 0.15) is 0 Å². The third kappa shape index (κ3) is 4.13. The highest BCUT2D eigenvalue weighted by Gasteiger charge is 2.51. The summed E-state index contributed by atoms with van der Waals surface area (Å²) in [6.45, 7) is 8.96. The van der Waals surface area contributed by atoms with Gasteiger partial charge in [0.05, 0.1) is 13.2 Å². The van der Waals surface area contributed by atoms with Gasteiger partial charge in [0.2, 0.25) is 5.66 Å². The summed E-state index contributed by atoms with van der Waals surface area (Å²) in [6, 6.07) is 8.31. The molecule has 1 atom stereocenters. The standard InChI is InChI=1S/C22H28N4O2/c1-20(22(3)25-26-22)11-9-18(10-12-20)16-28-14-4-13-27-15-17-5-7-19(8-6-17)21(2)23-24-21/h5-11H,4,12-16H2,1-3H3. The molecular formula is C22H28N4O2. The number of rotatable bonds is 10. The minimum Gasteiger partial charge on any atom is -0.377 e. The predicted octanol–water partition coefficient (Wildman–Crippen LogP) is 5.32. The van der Waals surface area contributed by atoms with E-state index in [0.717, 1.165) is 24.0 Å². The zero-order chi connectivity index (χ0) is 19.7. The highest BCUT2D eigenvalue weighted by atomic mass is 16.5. The fraction of sp³-hybridized carbons (Fsp3) is 0.545. The third-order valence-electron chi connectivity index (χ3n) is 5.95. The van der Waals surface area contributed by atoms with Crippen molar-refractivity contribution in [2.45, 2.75) is 51.5 Å². The SMILES string of the molecule is CC1(c2ccc(COCCCOCC3=CCC(C)(C4(C)N=N4)C=C3)cc2)N=N1. The zero-order valence-electron chi connectivity index (χ0n) is 16.9. The van der Waals surface area contributed by atoms with Crippen molar-refractivity contribution >= 4 is 0 Å². The first kappa shape index (κ1) is 19.2. The van der Waals surface area contributed by atoms with E-state index in [0.29, 0.717) is 26.4 Å². The third-order valence-corrected chi connectivity index (χ3v) is 5.95. The smallest absolute Gasteiger partial charge is 0.213 e. The molecule has 0 amide bonds. The van der Waals surface area contributed by atoms with Crippen molar-refractivity contribution in [1.29, 1.82) is 0 Å². The lowest BCUT2D eigenvalue weighted by Gasteiger charge is -2.30. The molecule has 0 saturated heterocycles. The van der Waals surface area contributed by atoms with Crippen LogP contribution >= 0.6 is 0 Å². The molecule has 0 fully saturated rings. The van der Waals surface area contributed by atoms with Gasteiger partial charge in [-0.3, -0.25) is 0 Å². The molecule has 0 radical (unpaired) electrons. The van der Waals surface area contributed by atoms with E-state index in [1.54, 1.807) is 0 Å². The van der Waals surface area contributed by atoms with E-state index in [-0.39, 0.29) is 16.7 Å². The quantitative estimate of drug-likeness (QED) is 0.515. The summed E-state index contributed by atoms with van der Waals surface area (Å²) in [5.74, 6) is 0. The zero-order valence-corrected chi connectivity index (χ0v) is 16.9. The number of hydrogen-bond donors (Lipinski definition) is 0. The molecule has 0 saturated carbocycles. The maximum atomic E-state index is 5.79. The lowest BCUT2D eigenvalue weighted by Crippen LogP contribution is -2.32. The van der Waals surface area contributed by atoms with Crippen LogP contribution in [0.3, 0.4) is 0 Å². The Morgan fingerprint density at radius 1 is 0.893 bits per heavy atom. The fourth-order valence-electron chi connectivity index (χ4n) is 3.28. The Labute approximate surface area is 166 Å². The fourth-order valence-corrected chi connectivity index (χ4v) is 3.28. The van der Waals surface area contributed by atoms with Crippen molar-refractivity contribution in [3.8, 4) is 0 Å². The number of nitrogens with zero attached hydrogens (tertiary/aromatic N) is 4. The van der Waals surface area contributed by atoms with E-state index >= 15 is 0 Å². The number of hydrogen-bond acceptors (Lipinski definition) is 6. The van der Waals surface area contributed by atoms with Gasteiger partial charge in [-0.2, -0.15) is 20.5 Å². The van der Waals surface area contributed by atoms with Crippen LogP contribution in [0, 0.1) is 5.41 Å². The molecule has 1 aromatic rings. The van der Waals surface area contributed by atoms with Gasteiger partial charge in [-0.25, -0.2) is 0 Å². The average Bonchev–Trinajstić information content (AvgIpc) is 3.62. The highest BCUT2D eigenvalue weighted by molar-refractivity contribution is 5.31. The van der Waals surface area contributed by atoms with Crippen molar-refractivity contribution in [1.82, 2.24) is 0 Å². The molecule has 6 nitrogen and oxygen atoms in total. The van der Waals surface area contributed by atoms with Crippen LogP contribution < -0.4 is 0 Å². The van der Waals surface area contributed by atoms with Gasteiger partial charge < -0.3 is 9.47 Å². The van der Waals surface area contributed by atoms with Crippen LogP contribution in [0.4, 0.5) is 0 Å². The molecule has 1 unspecified atom stereocenters. The molecule has 6 heteroatoms. The Morgan fingerprint density at radius 3 is 2.14 bits per heavy atom. The minimum atomic E-state index is -0.307. The van der Waals surface area contributed by atoms with Gasteiger partial charge in [0, 0.05) is 24.2 Å². The van der Waals surface area contributed by atoms with Crippen LogP contribution in [0.5, 0.6) is 0 Å². The van der Waals surface area contributed by atoms with Crippen LogP contribution in [-0.4, -0.2) is 25.5 Å². The normalized spacial score (nSPS) is 25.6. The van der Waals surface area contributed by atoms with Crippen molar-refractivity contribution in [3.63, 3.8) is 0 Å². The number of benzene rings is 1. The molecule has 1 aromatic carbocycles. The van der Waals surface area contributed by atoms with Gasteiger partial charge in [-0.15, -0.1) is 0 Å². The largest absolute Gasteiger partial charge is 0.377 e. The van der Waals surface area contributed by atoms with Crippen LogP contribution in [0.15, 0.2) is 68.5 Å². The van der Waals surface area contributed by atoms with Crippen LogP contribution in [0.25, 0.3) is 0 Å². The highest BCUT2D eigenvalue weighted by Crippen LogP contribution is 2.49. The van der Waals surface area contributed by atoms with Crippen LogP contribution in [0.2, 0.25) is 0 Å². The van der Waals surface area contributed by atoms with Crippen LogP contribution in [0.1, 0.15) is 44.7 Å². The Hall–Kier alpha value is -2.18. The second-order valence-corrected chi connectivity index (χ2v) is 8.33. The molecule has 4 rings (SSSR count). The minimum absolute atomic E-state index is 0.00243. The molecule has 2 heterocycles. The summed E-state index contributed by atoms with van der Waals surface area (Å²) in [7, 11) is 0. The second-order valence-electron chi connectivity index (χ2n) is 8.33. The van der Waals surface area contributed by atoms with Crippen molar-refractivity contribution in [2.24, 2.45) is 25.9 Å². The average molecular weight is 380 g/mol. The second kappa shape index (κ2) is 7.33. The molecule has 148 valence electrons. The lowest BCUT2D eigenvalue weighted by molar-refractivity contribution is 0.0831. The Balaban J connectivity index is 1.07. The van der Waals surface area contributed by atoms with Crippen LogP contribution in [-0.2, 0) is 21.7 Å². The maximum absolute atomic E-state index is 5.79. The summed E-state index contributed by atoms with van der Waals surface area (Å²) >= 11 is 0. The molecule has 28 heavy (non-hydrogen) atoms. The molecular weight excluding hydrogens is 352 g/mol. The van der Waals surface area contributed by atoms with E-state index in [1.165, 1.54) is 5.57 Å². The van der Waals surface area contributed by atoms with Gasteiger partial charge >= 0.3 is 0 Å². The Kier molecular flexibility index (Phi) is 5.02. The van der Waals surface area contributed by atoms with Gasteiger partial charge in [0.25, 0.3) is 0 Å². The number of allylic oxidation sites excluding steroid dienone is 1. The summed E-state index contributed by atoms with van der Waals surface area (Å²) in [4.78, 5) is 0. The molecule has 0 aromatic heterocycles. The summed E-state index contributed by atoms with van der Waals surface area (Å²) in [5.41, 5.74) is 2.99. The summed E-state index contributed by atoms with van der Waals surface area (Å²) in [6.07, 6.45) is 8.47. The summed E-state index contributed by atoms with van der Waals surface area (Å²) in [5, 5.41) is 16.5. The first-order chi connectivity index (χ1) is 13.4. The van der Waals surface area contributed by atoms with E-state index in [2.05, 4.69) is 76.8 Å². The van der Waals surface area contributed by atoms with Crippen molar-refractivity contribution in [3.05, 3.63) is 59.2 Å². The Bertz CT molecular complexity index is 829. The monoisotopic (exact) mass is 380 g/mol. The van der Waals surface area contributed by atoms with E-state index in [9.17, 15) is 0 Å². The van der Waals surface area contributed by atoms with E-state index in [4.69, 9.17) is 9.47 Å². The maximum Gasteiger partial charge on any atom is 0.213 e. The van der Waals surface area contributed by atoms with Crippen molar-refractivity contribution < 1.29 is 9.47 Å². The van der Waals surface area contributed by atoms with Gasteiger partial charge in [-0.05, 0) is 37.8 Å². The first-order valence-corrected chi connectivity index (χ1v) is 9.94. The molecule has 1 aliphatic carbocycles. The molecule has 0 bridgehead atoms. The first-order valence-electron chi connectivity index (χ1n) is 9.94. The molecule has 0 spiro atoms. The predicted molar refractivity (Wildman–Crippen MR) is 107 cm³/mol. The Morgan fingerprint density at radius 2 is 1.57 bits per heavy atom. The lowest BCUT2D eigenvalue weighted by atomic mass is 9.74. The van der Waals surface area contributed by atoms with E-state index in [1.807, 2.05) is 6.92 Å². The van der Waals surface area contributed by atoms with E-state index < -0.39 is 0 Å². The van der Waals surface area contributed by atoms with Gasteiger partial charge in [0.15, 0.2) is 5.66 Å².